The summed E-state index contributed by atoms with van der Waals surface area (Å²) in [6.07, 6.45) is 0. The van der Waals surface area contributed by atoms with Crippen molar-refractivity contribution < 1.29 is 23.8 Å². The predicted octanol–water partition coefficient (Wildman–Crippen LogP) is 2.86. The molecule has 0 radical (unpaired) electrons. The number of hydrogen-bond acceptors (Lipinski definition) is 5. The van der Waals surface area contributed by atoms with E-state index in [1.807, 2.05) is 0 Å². The molecule has 1 rings (SSSR count). The minimum atomic E-state index is -1.52. The maximum absolute atomic E-state index is 12.6. The molecule has 5 heteroatoms. The van der Waals surface area contributed by atoms with Crippen LogP contribution in [0, 0.1) is 0 Å². The fourth-order valence-electron chi connectivity index (χ4n) is 1.90. The molecule has 22 heavy (non-hydrogen) atoms. The highest BCUT2D eigenvalue weighted by Gasteiger charge is 2.47. The second-order valence-corrected chi connectivity index (χ2v) is 6.08. The van der Waals surface area contributed by atoms with E-state index in [1.54, 1.807) is 59.1 Å². The molecule has 1 aromatic carbocycles. The third kappa shape index (κ3) is 4.00. The average Bonchev–Trinajstić information content (AvgIpc) is 2.44. The van der Waals surface area contributed by atoms with E-state index in [-0.39, 0.29) is 6.61 Å². The molecule has 0 aliphatic rings. The number of ether oxygens (including phenoxy) is 3. The number of carbonyl (C=O) groups is 2. The molecular formula is C17H24O5. The minimum Gasteiger partial charge on any atom is -0.497 e. The maximum atomic E-state index is 12.6. The van der Waals surface area contributed by atoms with E-state index in [0.29, 0.717) is 11.3 Å². The molecule has 1 unspecified atom stereocenters. The normalized spacial score (nSPS) is 13.9. The van der Waals surface area contributed by atoms with Crippen molar-refractivity contribution in [3.05, 3.63) is 29.8 Å². The van der Waals surface area contributed by atoms with Gasteiger partial charge < -0.3 is 14.2 Å². The molecule has 0 aliphatic carbocycles. The van der Waals surface area contributed by atoms with Crippen LogP contribution >= 0.6 is 0 Å². The van der Waals surface area contributed by atoms with Crippen LogP contribution in [0.25, 0.3) is 0 Å². The average molecular weight is 308 g/mol. The lowest BCUT2D eigenvalue weighted by Crippen LogP contribution is -2.46. The third-order valence-electron chi connectivity index (χ3n) is 3.16. The van der Waals surface area contributed by atoms with Gasteiger partial charge in [-0.25, -0.2) is 0 Å². The van der Waals surface area contributed by atoms with Gasteiger partial charge in [-0.1, -0.05) is 12.1 Å². The van der Waals surface area contributed by atoms with E-state index < -0.39 is 23.0 Å². The Labute approximate surface area is 131 Å². The molecule has 0 spiro atoms. The molecule has 0 N–H and O–H groups in total. The molecule has 0 fully saturated rings. The first-order valence-corrected chi connectivity index (χ1v) is 7.20. The van der Waals surface area contributed by atoms with Gasteiger partial charge in [0.15, 0.2) is 5.41 Å². The Hall–Kier alpha value is -2.04. The first kappa shape index (κ1) is 18.0. The number of methoxy groups -OCH3 is 1. The quantitative estimate of drug-likeness (QED) is 0.618. The maximum Gasteiger partial charge on any atom is 0.328 e. The summed E-state index contributed by atoms with van der Waals surface area (Å²) in [5, 5.41) is 0. The lowest BCUT2D eigenvalue weighted by molar-refractivity contribution is -0.171. The highest BCUT2D eigenvalue weighted by atomic mass is 16.6. The third-order valence-corrected chi connectivity index (χ3v) is 3.16. The van der Waals surface area contributed by atoms with Gasteiger partial charge in [-0.3, -0.25) is 9.59 Å². The van der Waals surface area contributed by atoms with Crippen molar-refractivity contribution in [3.8, 4) is 5.75 Å². The number of benzene rings is 1. The monoisotopic (exact) mass is 308 g/mol. The second-order valence-electron chi connectivity index (χ2n) is 6.08. The first-order chi connectivity index (χ1) is 10.1. The van der Waals surface area contributed by atoms with E-state index >= 15 is 0 Å². The molecule has 1 atom stereocenters. The molecule has 1 aromatic rings. The zero-order chi connectivity index (χ0) is 17.0. The number of rotatable bonds is 5. The fourth-order valence-corrected chi connectivity index (χ4v) is 1.90. The van der Waals surface area contributed by atoms with Crippen LogP contribution in [0.1, 0.15) is 40.2 Å². The van der Waals surface area contributed by atoms with Gasteiger partial charge >= 0.3 is 11.9 Å². The Balaban J connectivity index is 3.26. The van der Waals surface area contributed by atoms with Gasteiger partial charge in [0.25, 0.3) is 0 Å². The first-order valence-electron chi connectivity index (χ1n) is 7.20. The van der Waals surface area contributed by atoms with Crippen molar-refractivity contribution in [3.63, 3.8) is 0 Å². The molecule has 0 heterocycles. The number of carbonyl (C=O) groups excluding carboxylic acids is 2. The van der Waals surface area contributed by atoms with E-state index in [2.05, 4.69) is 0 Å². The van der Waals surface area contributed by atoms with Gasteiger partial charge in [0.05, 0.1) is 13.7 Å². The van der Waals surface area contributed by atoms with Crippen LogP contribution in [-0.2, 0) is 24.5 Å². The Kier molecular flexibility index (Phi) is 5.58. The van der Waals surface area contributed by atoms with Crippen molar-refractivity contribution in [2.75, 3.05) is 13.7 Å². The largest absolute Gasteiger partial charge is 0.497 e. The van der Waals surface area contributed by atoms with Crippen LogP contribution < -0.4 is 4.74 Å². The van der Waals surface area contributed by atoms with Gasteiger partial charge in [-0.15, -0.1) is 0 Å². The molecule has 0 amide bonds. The Morgan fingerprint density at radius 2 is 1.55 bits per heavy atom. The summed E-state index contributed by atoms with van der Waals surface area (Å²) in [4.78, 5) is 25.0. The topological polar surface area (TPSA) is 61.8 Å². The van der Waals surface area contributed by atoms with Crippen LogP contribution in [-0.4, -0.2) is 31.3 Å². The summed E-state index contributed by atoms with van der Waals surface area (Å²) in [6, 6.07) is 6.72. The standard InChI is InChI=1S/C17H24O5/c1-7-21-14(18)17(5,15(19)22-16(2,3)4)12-8-10-13(20-6)11-9-12/h8-11H,7H2,1-6H3. The fraction of sp³-hybridized carbons (Fsp3) is 0.529. The Morgan fingerprint density at radius 3 is 1.95 bits per heavy atom. The zero-order valence-corrected chi connectivity index (χ0v) is 14.1. The summed E-state index contributed by atoms with van der Waals surface area (Å²) in [5.74, 6) is -0.628. The van der Waals surface area contributed by atoms with Gasteiger partial charge in [0, 0.05) is 0 Å². The smallest absolute Gasteiger partial charge is 0.328 e. The van der Waals surface area contributed by atoms with E-state index in [1.165, 1.54) is 6.92 Å². The molecule has 0 bridgehead atoms. The van der Waals surface area contributed by atoms with Crippen LogP contribution in [0.5, 0.6) is 5.75 Å². The van der Waals surface area contributed by atoms with Crippen LogP contribution in [0.15, 0.2) is 24.3 Å². The highest BCUT2D eigenvalue weighted by Crippen LogP contribution is 2.30. The molecule has 0 saturated heterocycles. The molecule has 122 valence electrons. The van der Waals surface area contributed by atoms with E-state index in [0.717, 1.165) is 0 Å². The van der Waals surface area contributed by atoms with E-state index in [9.17, 15) is 9.59 Å². The van der Waals surface area contributed by atoms with Crippen LogP contribution in [0.2, 0.25) is 0 Å². The van der Waals surface area contributed by atoms with Crippen molar-refractivity contribution in [2.45, 2.75) is 45.6 Å². The van der Waals surface area contributed by atoms with Crippen molar-refractivity contribution >= 4 is 11.9 Å². The summed E-state index contributed by atoms with van der Waals surface area (Å²) in [5.41, 5.74) is -1.71. The Bertz CT molecular complexity index is 527. The summed E-state index contributed by atoms with van der Waals surface area (Å²) in [6.45, 7) is 8.66. The van der Waals surface area contributed by atoms with Crippen LogP contribution in [0.4, 0.5) is 0 Å². The SMILES string of the molecule is CCOC(=O)C(C)(C(=O)OC(C)(C)C)c1ccc(OC)cc1. The summed E-state index contributed by atoms with van der Waals surface area (Å²) < 4.78 is 15.6. The number of esters is 2. The number of hydrogen-bond donors (Lipinski definition) is 0. The van der Waals surface area contributed by atoms with E-state index in [4.69, 9.17) is 14.2 Å². The predicted molar refractivity (Wildman–Crippen MR) is 82.8 cm³/mol. The van der Waals surface area contributed by atoms with Gasteiger partial charge in [0.2, 0.25) is 0 Å². The molecule has 0 aliphatic heterocycles. The highest BCUT2D eigenvalue weighted by molar-refractivity contribution is 6.06. The van der Waals surface area contributed by atoms with Crippen LogP contribution in [0.3, 0.4) is 0 Å². The lowest BCUT2D eigenvalue weighted by atomic mass is 9.82. The van der Waals surface area contributed by atoms with Crippen molar-refractivity contribution in [1.82, 2.24) is 0 Å². The zero-order valence-electron chi connectivity index (χ0n) is 14.1. The molecule has 5 nitrogen and oxygen atoms in total. The summed E-state index contributed by atoms with van der Waals surface area (Å²) >= 11 is 0. The second kappa shape index (κ2) is 6.81. The Morgan fingerprint density at radius 1 is 1.00 bits per heavy atom. The van der Waals surface area contributed by atoms with Gasteiger partial charge in [-0.05, 0) is 52.3 Å². The van der Waals surface area contributed by atoms with Gasteiger partial charge in [-0.2, -0.15) is 0 Å². The lowest BCUT2D eigenvalue weighted by Gasteiger charge is -2.30. The van der Waals surface area contributed by atoms with Gasteiger partial charge in [0.1, 0.15) is 11.4 Å². The molecule has 0 saturated carbocycles. The minimum absolute atomic E-state index is 0.188. The molecular weight excluding hydrogens is 284 g/mol. The summed E-state index contributed by atoms with van der Waals surface area (Å²) in [7, 11) is 1.55. The van der Waals surface area contributed by atoms with Crippen molar-refractivity contribution in [1.29, 1.82) is 0 Å². The molecule has 0 aromatic heterocycles. The van der Waals surface area contributed by atoms with Crippen molar-refractivity contribution in [2.24, 2.45) is 0 Å².